The molecule has 0 unspecified atom stereocenters. The van der Waals surface area contributed by atoms with E-state index in [4.69, 9.17) is 5.73 Å². The summed E-state index contributed by atoms with van der Waals surface area (Å²) in [4.78, 5) is 24.0. The van der Waals surface area contributed by atoms with Crippen LogP contribution in [0.15, 0.2) is 17.1 Å². The van der Waals surface area contributed by atoms with Crippen molar-refractivity contribution >= 4 is 24.0 Å². The zero-order chi connectivity index (χ0) is 14.0. The van der Waals surface area contributed by atoms with Crippen molar-refractivity contribution in [2.24, 2.45) is 18.7 Å². The number of anilines is 1. The second-order valence-corrected chi connectivity index (χ2v) is 5.40. The van der Waals surface area contributed by atoms with Crippen molar-refractivity contribution in [3.05, 3.63) is 28.2 Å². The average molecular weight is 300 g/mol. The van der Waals surface area contributed by atoms with Crippen LogP contribution in [0.2, 0.25) is 0 Å². The van der Waals surface area contributed by atoms with Crippen LogP contribution in [-0.4, -0.2) is 16.5 Å². The maximum Gasteiger partial charge on any atom is 0.274 e. The van der Waals surface area contributed by atoms with Gasteiger partial charge >= 0.3 is 0 Å². The quantitative estimate of drug-likeness (QED) is 0.889. The standard InChI is InChI=1S/C14H21N3O2.ClH/c1-9-6-7-17(2)14(19)13(9)16-12(18)8-10-4-3-5-11(10)15;/h6-7,10-11H,3-5,8,15H2,1-2H3,(H,16,18);1H/t10-,11+;/m0./s1. The molecule has 2 atom stereocenters. The highest BCUT2D eigenvalue weighted by molar-refractivity contribution is 5.91. The van der Waals surface area contributed by atoms with Gasteiger partial charge in [0.1, 0.15) is 5.69 Å². The van der Waals surface area contributed by atoms with Gasteiger partial charge in [0.05, 0.1) is 0 Å². The minimum Gasteiger partial charge on any atom is -0.327 e. The monoisotopic (exact) mass is 299 g/mol. The highest BCUT2D eigenvalue weighted by atomic mass is 35.5. The van der Waals surface area contributed by atoms with Gasteiger partial charge in [-0.15, -0.1) is 12.4 Å². The van der Waals surface area contributed by atoms with E-state index in [1.165, 1.54) is 4.57 Å². The van der Waals surface area contributed by atoms with Crippen LogP contribution in [0.25, 0.3) is 0 Å². The molecule has 1 heterocycles. The number of nitrogens with one attached hydrogen (secondary N) is 1. The lowest BCUT2D eigenvalue weighted by Crippen LogP contribution is -2.30. The van der Waals surface area contributed by atoms with E-state index in [0.717, 1.165) is 24.8 Å². The number of pyridine rings is 1. The number of carbonyl (C=O) groups excluding carboxylic acids is 1. The SMILES string of the molecule is Cc1ccn(C)c(=O)c1NC(=O)C[C@@H]1CCC[C@H]1N.Cl. The van der Waals surface area contributed by atoms with Gasteiger partial charge in [0, 0.05) is 25.7 Å². The van der Waals surface area contributed by atoms with Gasteiger partial charge in [-0.05, 0) is 37.3 Å². The molecule has 1 amide bonds. The van der Waals surface area contributed by atoms with Gasteiger partial charge in [-0.1, -0.05) is 6.42 Å². The molecule has 1 aromatic heterocycles. The molecular weight excluding hydrogens is 278 g/mol. The van der Waals surface area contributed by atoms with Gasteiger partial charge in [0.25, 0.3) is 5.56 Å². The molecule has 2 rings (SSSR count). The molecule has 0 saturated heterocycles. The summed E-state index contributed by atoms with van der Waals surface area (Å²) < 4.78 is 1.46. The van der Waals surface area contributed by atoms with Crippen LogP contribution >= 0.6 is 12.4 Å². The van der Waals surface area contributed by atoms with E-state index in [1.54, 1.807) is 13.2 Å². The molecule has 6 heteroatoms. The first-order valence-electron chi connectivity index (χ1n) is 6.70. The minimum atomic E-state index is -0.177. The number of aromatic nitrogens is 1. The topological polar surface area (TPSA) is 77.1 Å². The van der Waals surface area contributed by atoms with Crippen molar-refractivity contribution in [3.63, 3.8) is 0 Å². The fourth-order valence-corrected chi connectivity index (χ4v) is 2.62. The maximum atomic E-state index is 12.0. The molecule has 20 heavy (non-hydrogen) atoms. The average Bonchev–Trinajstić information content (AvgIpc) is 2.76. The Hall–Kier alpha value is -1.33. The Balaban J connectivity index is 0.00000200. The first-order valence-corrected chi connectivity index (χ1v) is 6.70. The Bertz CT molecular complexity index is 542. The third-order valence-corrected chi connectivity index (χ3v) is 3.91. The molecule has 0 aromatic carbocycles. The second-order valence-electron chi connectivity index (χ2n) is 5.40. The number of halogens is 1. The molecule has 0 spiro atoms. The van der Waals surface area contributed by atoms with Crippen molar-refractivity contribution in [3.8, 4) is 0 Å². The summed E-state index contributed by atoms with van der Waals surface area (Å²) in [6.07, 6.45) is 5.18. The van der Waals surface area contributed by atoms with E-state index in [9.17, 15) is 9.59 Å². The van der Waals surface area contributed by atoms with Crippen LogP contribution in [0.1, 0.15) is 31.2 Å². The maximum absolute atomic E-state index is 12.0. The Morgan fingerprint density at radius 1 is 1.50 bits per heavy atom. The van der Waals surface area contributed by atoms with Crippen molar-refractivity contribution in [2.45, 2.75) is 38.6 Å². The normalized spacial score (nSPS) is 21.4. The Morgan fingerprint density at radius 3 is 2.80 bits per heavy atom. The van der Waals surface area contributed by atoms with Crippen molar-refractivity contribution < 1.29 is 4.79 Å². The summed E-state index contributed by atoms with van der Waals surface area (Å²) in [5.41, 5.74) is 6.94. The number of carbonyl (C=O) groups is 1. The molecule has 1 saturated carbocycles. The van der Waals surface area contributed by atoms with E-state index < -0.39 is 0 Å². The summed E-state index contributed by atoms with van der Waals surface area (Å²) in [5, 5.41) is 2.74. The van der Waals surface area contributed by atoms with Gasteiger partial charge in [-0.25, -0.2) is 0 Å². The van der Waals surface area contributed by atoms with E-state index in [1.807, 2.05) is 13.0 Å². The van der Waals surface area contributed by atoms with Gasteiger partial charge in [-0.2, -0.15) is 0 Å². The lowest BCUT2D eigenvalue weighted by atomic mass is 10.00. The smallest absolute Gasteiger partial charge is 0.274 e. The van der Waals surface area contributed by atoms with Crippen molar-refractivity contribution in [2.75, 3.05) is 5.32 Å². The number of aryl methyl sites for hydroxylation is 2. The molecular formula is C14H22ClN3O2. The van der Waals surface area contributed by atoms with Crippen LogP contribution < -0.4 is 16.6 Å². The van der Waals surface area contributed by atoms with E-state index in [2.05, 4.69) is 5.32 Å². The third kappa shape index (κ3) is 3.61. The fourth-order valence-electron chi connectivity index (χ4n) is 2.62. The Morgan fingerprint density at radius 2 is 2.20 bits per heavy atom. The number of hydrogen-bond acceptors (Lipinski definition) is 3. The highest BCUT2D eigenvalue weighted by Gasteiger charge is 2.26. The molecule has 3 N–H and O–H groups in total. The molecule has 0 radical (unpaired) electrons. The summed E-state index contributed by atoms with van der Waals surface area (Å²) in [6, 6.07) is 1.93. The molecule has 1 aliphatic carbocycles. The summed E-state index contributed by atoms with van der Waals surface area (Å²) in [7, 11) is 1.67. The molecule has 1 fully saturated rings. The number of nitrogens with zero attached hydrogens (tertiary/aromatic N) is 1. The predicted molar refractivity (Wildman–Crippen MR) is 82.2 cm³/mol. The van der Waals surface area contributed by atoms with Crippen LogP contribution in [0.4, 0.5) is 5.69 Å². The van der Waals surface area contributed by atoms with Gasteiger partial charge in [-0.3, -0.25) is 9.59 Å². The molecule has 112 valence electrons. The highest BCUT2D eigenvalue weighted by Crippen LogP contribution is 2.27. The Kier molecular flexibility index (Phi) is 5.77. The van der Waals surface area contributed by atoms with E-state index in [-0.39, 0.29) is 35.8 Å². The molecule has 0 bridgehead atoms. The lowest BCUT2D eigenvalue weighted by molar-refractivity contribution is -0.117. The van der Waals surface area contributed by atoms with Gasteiger partial charge in [0.2, 0.25) is 5.91 Å². The van der Waals surface area contributed by atoms with Crippen LogP contribution in [0, 0.1) is 12.8 Å². The molecule has 1 aromatic rings. The molecule has 1 aliphatic rings. The molecule has 0 aliphatic heterocycles. The van der Waals surface area contributed by atoms with E-state index in [0.29, 0.717) is 12.1 Å². The number of rotatable bonds is 3. The summed E-state index contributed by atoms with van der Waals surface area (Å²) in [6.45, 7) is 1.82. The number of nitrogens with two attached hydrogens (primary N) is 1. The zero-order valence-corrected chi connectivity index (χ0v) is 12.7. The van der Waals surface area contributed by atoms with Gasteiger partial charge < -0.3 is 15.6 Å². The number of amides is 1. The lowest BCUT2D eigenvalue weighted by Gasteiger charge is -2.15. The predicted octanol–water partition coefficient (Wildman–Crippen LogP) is 1.57. The van der Waals surface area contributed by atoms with Crippen LogP contribution in [-0.2, 0) is 11.8 Å². The first kappa shape index (κ1) is 16.7. The fraction of sp³-hybridized carbons (Fsp3) is 0.571. The second kappa shape index (κ2) is 6.90. The summed E-state index contributed by atoms with van der Waals surface area (Å²) >= 11 is 0. The first-order chi connectivity index (χ1) is 8.99. The van der Waals surface area contributed by atoms with Crippen LogP contribution in [0.3, 0.4) is 0 Å². The van der Waals surface area contributed by atoms with Crippen LogP contribution in [0.5, 0.6) is 0 Å². The van der Waals surface area contributed by atoms with Gasteiger partial charge in [0.15, 0.2) is 0 Å². The zero-order valence-electron chi connectivity index (χ0n) is 11.9. The summed E-state index contributed by atoms with van der Waals surface area (Å²) in [5.74, 6) is 0.127. The molecule has 5 nitrogen and oxygen atoms in total. The Labute approximate surface area is 125 Å². The number of hydrogen-bond donors (Lipinski definition) is 2. The van der Waals surface area contributed by atoms with Crippen molar-refractivity contribution in [1.82, 2.24) is 4.57 Å². The van der Waals surface area contributed by atoms with E-state index >= 15 is 0 Å². The minimum absolute atomic E-state index is 0. The third-order valence-electron chi connectivity index (χ3n) is 3.91. The largest absolute Gasteiger partial charge is 0.327 e. The van der Waals surface area contributed by atoms with Crippen molar-refractivity contribution in [1.29, 1.82) is 0 Å².